The molecule has 1 saturated heterocycles. The second-order valence-electron chi connectivity index (χ2n) is 5.22. The second kappa shape index (κ2) is 5.61. The summed E-state index contributed by atoms with van der Waals surface area (Å²) in [6, 6.07) is 7.30. The number of imide groups is 1. The van der Waals surface area contributed by atoms with E-state index in [2.05, 4.69) is 26.6 Å². The molecule has 2 heterocycles. The van der Waals surface area contributed by atoms with Crippen LogP contribution in [0.3, 0.4) is 0 Å². The topological polar surface area (TPSA) is 71.3 Å². The van der Waals surface area contributed by atoms with Crippen LogP contribution in [0.5, 0.6) is 0 Å². The molecule has 2 amide bonds. The maximum atomic E-state index is 11.8. The zero-order valence-electron chi connectivity index (χ0n) is 11.5. The molecule has 2 unspecified atom stereocenters. The van der Waals surface area contributed by atoms with Crippen molar-refractivity contribution in [3.8, 4) is 0 Å². The van der Waals surface area contributed by atoms with E-state index in [1.165, 1.54) is 0 Å². The van der Waals surface area contributed by atoms with Gasteiger partial charge in [0, 0.05) is 16.3 Å². The molecule has 0 radical (unpaired) electrons. The molecule has 6 heteroatoms. The standard InChI is InChI=1S/C15H15BrN2O3/c1-8(17-11-3-5-14(19)18-15(11)20)13-7-9-6-10(16)2-4-12(9)21-13/h2,4,6-8,11,17H,3,5H2,1H3,(H,18,19,20). The Labute approximate surface area is 130 Å². The van der Waals surface area contributed by atoms with E-state index in [9.17, 15) is 9.59 Å². The van der Waals surface area contributed by atoms with Crippen molar-refractivity contribution in [2.45, 2.75) is 31.8 Å². The van der Waals surface area contributed by atoms with Gasteiger partial charge in [0.15, 0.2) is 0 Å². The molecule has 5 nitrogen and oxygen atoms in total. The average Bonchev–Trinajstić information content (AvgIpc) is 2.85. The van der Waals surface area contributed by atoms with Gasteiger partial charge < -0.3 is 4.42 Å². The van der Waals surface area contributed by atoms with Gasteiger partial charge in [-0.05, 0) is 37.6 Å². The summed E-state index contributed by atoms with van der Waals surface area (Å²) < 4.78 is 6.79. The molecule has 1 fully saturated rings. The van der Waals surface area contributed by atoms with Crippen molar-refractivity contribution in [3.05, 3.63) is 34.5 Å². The van der Waals surface area contributed by atoms with Gasteiger partial charge in [-0.25, -0.2) is 0 Å². The normalized spacial score (nSPS) is 20.6. The van der Waals surface area contributed by atoms with Crippen LogP contribution in [0.1, 0.15) is 31.6 Å². The molecule has 3 rings (SSSR count). The number of carbonyl (C=O) groups excluding carboxylic acids is 2. The summed E-state index contributed by atoms with van der Waals surface area (Å²) in [4.78, 5) is 22.9. The zero-order valence-corrected chi connectivity index (χ0v) is 13.1. The fraction of sp³-hybridized carbons (Fsp3) is 0.333. The molecule has 1 aromatic carbocycles. The first kappa shape index (κ1) is 14.3. The first-order valence-electron chi connectivity index (χ1n) is 6.81. The number of hydrogen-bond acceptors (Lipinski definition) is 4. The Morgan fingerprint density at radius 2 is 2.19 bits per heavy atom. The summed E-state index contributed by atoms with van der Waals surface area (Å²) in [6.07, 6.45) is 0.879. The largest absolute Gasteiger partial charge is 0.459 e. The van der Waals surface area contributed by atoms with Crippen molar-refractivity contribution in [1.82, 2.24) is 10.6 Å². The van der Waals surface area contributed by atoms with Crippen LogP contribution in [0.15, 0.2) is 33.2 Å². The maximum Gasteiger partial charge on any atom is 0.243 e. The van der Waals surface area contributed by atoms with Gasteiger partial charge in [-0.2, -0.15) is 0 Å². The van der Waals surface area contributed by atoms with Crippen LogP contribution in [0.25, 0.3) is 11.0 Å². The van der Waals surface area contributed by atoms with E-state index in [0.29, 0.717) is 12.8 Å². The molecule has 0 saturated carbocycles. The third kappa shape index (κ3) is 3.01. The van der Waals surface area contributed by atoms with Gasteiger partial charge in [-0.15, -0.1) is 0 Å². The summed E-state index contributed by atoms with van der Waals surface area (Å²) in [7, 11) is 0. The number of benzene rings is 1. The monoisotopic (exact) mass is 350 g/mol. The minimum atomic E-state index is -0.363. The van der Waals surface area contributed by atoms with Crippen LogP contribution in [0.2, 0.25) is 0 Å². The molecule has 2 aromatic rings. The lowest BCUT2D eigenvalue weighted by Crippen LogP contribution is -2.51. The third-order valence-corrected chi connectivity index (χ3v) is 4.11. The quantitative estimate of drug-likeness (QED) is 0.834. The highest BCUT2D eigenvalue weighted by molar-refractivity contribution is 9.10. The number of fused-ring (bicyclic) bond motifs is 1. The molecule has 1 aliphatic rings. The maximum absolute atomic E-state index is 11.8. The summed E-state index contributed by atoms with van der Waals surface area (Å²) in [5.41, 5.74) is 0.810. The Balaban J connectivity index is 1.76. The molecule has 0 aliphatic carbocycles. The van der Waals surface area contributed by atoms with Crippen molar-refractivity contribution in [2.75, 3.05) is 0 Å². The van der Waals surface area contributed by atoms with Gasteiger partial charge in [0.2, 0.25) is 11.8 Å². The van der Waals surface area contributed by atoms with Crippen LogP contribution in [0.4, 0.5) is 0 Å². The lowest BCUT2D eigenvalue weighted by Gasteiger charge is -2.24. The summed E-state index contributed by atoms with van der Waals surface area (Å²) >= 11 is 3.43. The molecular formula is C15H15BrN2O3. The van der Waals surface area contributed by atoms with E-state index in [1.807, 2.05) is 31.2 Å². The minimum absolute atomic E-state index is 0.111. The van der Waals surface area contributed by atoms with E-state index >= 15 is 0 Å². The van der Waals surface area contributed by atoms with Crippen LogP contribution in [0, 0.1) is 0 Å². The molecule has 2 atom stereocenters. The molecule has 2 N–H and O–H groups in total. The molecule has 0 bridgehead atoms. The van der Waals surface area contributed by atoms with Gasteiger partial charge in [0.25, 0.3) is 0 Å². The average molecular weight is 351 g/mol. The molecule has 1 aliphatic heterocycles. The number of nitrogens with one attached hydrogen (secondary N) is 2. The van der Waals surface area contributed by atoms with E-state index in [-0.39, 0.29) is 23.9 Å². The van der Waals surface area contributed by atoms with Crippen LogP contribution in [-0.2, 0) is 9.59 Å². The molecule has 1 aromatic heterocycles. The van der Waals surface area contributed by atoms with Gasteiger partial charge in [-0.1, -0.05) is 15.9 Å². The third-order valence-electron chi connectivity index (χ3n) is 3.61. The highest BCUT2D eigenvalue weighted by Gasteiger charge is 2.28. The highest BCUT2D eigenvalue weighted by atomic mass is 79.9. The Morgan fingerprint density at radius 1 is 1.38 bits per heavy atom. The number of furan rings is 1. The number of piperidine rings is 1. The van der Waals surface area contributed by atoms with Crippen molar-refractivity contribution in [2.24, 2.45) is 0 Å². The van der Waals surface area contributed by atoms with Gasteiger partial charge >= 0.3 is 0 Å². The molecule has 110 valence electrons. The zero-order chi connectivity index (χ0) is 15.0. The first-order valence-corrected chi connectivity index (χ1v) is 7.61. The predicted octanol–water partition coefficient (Wildman–Crippen LogP) is 2.65. The Morgan fingerprint density at radius 3 is 2.95 bits per heavy atom. The lowest BCUT2D eigenvalue weighted by atomic mass is 10.0. The lowest BCUT2D eigenvalue weighted by molar-refractivity contribution is -0.134. The summed E-state index contributed by atoms with van der Waals surface area (Å²) in [5.74, 6) is 0.295. The number of rotatable bonds is 3. The second-order valence-corrected chi connectivity index (χ2v) is 6.14. The highest BCUT2D eigenvalue weighted by Crippen LogP contribution is 2.27. The van der Waals surface area contributed by atoms with E-state index < -0.39 is 0 Å². The van der Waals surface area contributed by atoms with Gasteiger partial charge in [0.05, 0.1) is 12.1 Å². The van der Waals surface area contributed by atoms with E-state index in [0.717, 1.165) is 21.2 Å². The molecule has 21 heavy (non-hydrogen) atoms. The number of amides is 2. The predicted molar refractivity (Wildman–Crippen MR) is 81.6 cm³/mol. The van der Waals surface area contributed by atoms with E-state index in [4.69, 9.17) is 4.42 Å². The van der Waals surface area contributed by atoms with Crippen molar-refractivity contribution in [3.63, 3.8) is 0 Å². The van der Waals surface area contributed by atoms with E-state index in [1.54, 1.807) is 0 Å². The Bertz CT molecular complexity index is 710. The Kier molecular flexibility index (Phi) is 3.82. The fourth-order valence-electron chi connectivity index (χ4n) is 2.48. The first-order chi connectivity index (χ1) is 10.0. The molecule has 0 spiro atoms. The number of halogens is 1. The fourth-order valence-corrected chi connectivity index (χ4v) is 2.86. The van der Waals surface area contributed by atoms with Crippen molar-refractivity contribution < 1.29 is 14.0 Å². The number of carbonyl (C=O) groups is 2. The van der Waals surface area contributed by atoms with Gasteiger partial charge in [0.1, 0.15) is 11.3 Å². The Hall–Kier alpha value is -1.66. The van der Waals surface area contributed by atoms with Crippen LogP contribution < -0.4 is 10.6 Å². The van der Waals surface area contributed by atoms with Crippen LogP contribution in [-0.4, -0.2) is 17.9 Å². The number of hydrogen-bond donors (Lipinski definition) is 2. The summed E-state index contributed by atoms with van der Waals surface area (Å²) in [6.45, 7) is 1.94. The van der Waals surface area contributed by atoms with Crippen molar-refractivity contribution >= 4 is 38.7 Å². The smallest absolute Gasteiger partial charge is 0.243 e. The minimum Gasteiger partial charge on any atom is -0.459 e. The summed E-state index contributed by atoms with van der Waals surface area (Å²) in [5, 5.41) is 6.56. The molecular weight excluding hydrogens is 336 g/mol. The van der Waals surface area contributed by atoms with Crippen molar-refractivity contribution in [1.29, 1.82) is 0 Å². The SMILES string of the molecule is CC(NC1CCC(=O)NC1=O)c1cc2cc(Br)ccc2o1. The van der Waals surface area contributed by atoms with Gasteiger partial charge in [-0.3, -0.25) is 20.2 Å². The van der Waals surface area contributed by atoms with Crippen LogP contribution >= 0.6 is 15.9 Å².